The molecule has 0 aliphatic carbocycles. The molecule has 0 aliphatic rings. The van der Waals surface area contributed by atoms with Gasteiger partial charge in [0.1, 0.15) is 0 Å². The quantitative estimate of drug-likeness (QED) is 0.280. The fraction of sp³-hybridized carbons (Fsp3) is 0.0370. The lowest BCUT2D eigenvalue weighted by atomic mass is 9.90. The maximum absolute atomic E-state index is 13.0. The zero-order valence-electron chi connectivity index (χ0n) is 15.9. The number of halogens is 3. The van der Waals surface area contributed by atoms with Crippen molar-refractivity contribution in [2.75, 3.05) is 0 Å². The van der Waals surface area contributed by atoms with E-state index in [4.69, 9.17) is 0 Å². The van der Waals surface area contributed by atoms with Crippen molar-refractivity contribution in [3.05, 3.63) is 109 Å². The molecule has 0 saturated heterocycles. The average Bonchev–Trinajstić information content (AvgIpc) is 2.77. The fourth-order valence-corrected chi connectivity index (χ4v) is 4.01. The van der Waals surface area contributed by atoms with Crippen LogP contribution in [0.5, 0.6) is 0 Å². The molecule has 0 nitrogen and oxygen atoms in total. The van der Waals surface area contributed by atoms with Crippen LogP contribution in [0, 0.1) is 0 Å². The molecule has 0 N–H and O–H groups in total. The molecule has 0 spiro atoms. The van der Waals surface area contributed by atoms with Crippen molar-refractivity contribution >= 4 is 21.5 Å². The van der Waals surface area contributed by atoms with Crippen molar-refractivity contribution in [1.82, 2.24) is 0 Å². The summed E-state index contributed by atoms with van der Waals surface area (Å²) in [7, 11) is 0. The molecule has 0 aliphatic heterocycles. The Morgan fingerprint density at radius 3 is 1.77 bits per heavy atom. The van der Waals surface area contributed by atoms with Crippen molar-refractivity contribution in [3.63, 3.8) is 0 Å². The molecule has 0 amide bonds. The van der Waals surface area contributed by atoms with Crippen LogP contribution in [0.25, 0.3) is 43.8 Å². The molecule has 3 heteroatoms. The Labute approximate surface area is 172 Å². The van der Waals surface area contributed by atoms with Crippen molar-refractivity contribution in [1.29, 1.82) is 0 Å². The van der Waals surface area contributed by atoms with Crippen molar-refractivity contribution < 1.29 is 13.2 Å². The largest absolute Gasteiger partial charge is 0.416 e. The Hall–Kier alpha value is -3.59. The maximum atomic E-state index is 13.0. The van der Waals surface area contributed by atoms with E-state index in [2.05, 4.69) is 36.4 Å². The second-order valence-electron chi connectivity index (χ2n) is 7.35. The van der Waals surface area contributed by atoms with Crippen molar-refractivity contribution in [3.8, 4) is 22.3 Å². The summed E-state index contributed by atoms with van der Waals surface area (Å²) in [6, 6.07) is 32.0. The molecular formula is C27H17F3. The molecule has 5 aromatic carbocycles. The Kier molecular flexibility index (Phi) is 4.32. The van der Waals surface area contributed by atoms with Crippen LogP contribution < -0.4 is 0 Å². The molecule has 0 bridgehead atoms. The van der Waals surface area contributed by atoms with E-state index in [1.165, 1.54) is 0 Å². The molecule has 0 radical (unpaired) electrons. The molecule has 0 fully saturated rings. The van der Waals surface area contributed by atoms with Gasteiger partial charge in [0.25, 0.3) is 0 Å². The van der Waals surface area contributed by atoms with E-state index in [1.807, 2.05) is 42.5 Å². The third-order valence-corrected chi connectivity index (χ3v) is 5.49. The monoisotopic (exact) mass is 398 g/mol. The van der Waals surface area contributed by atoms with Crippen LogP contribution in [-0.2, 0) is 6.18 Å². The molecule has 5 rings (SSSR count). The summed E-state index contributed by atoms with van der Waals surface area (Å²) in [5.74, 6) is 0. The van der Waals surface area contributed by atoms with E-state index < -0.39 is 11.7 Å². The predicted octanol–water partition coefficient (Wildman–Crippen LogP) is 8.35. The first-order valence-electron chi connectivity index (χ1n) is 9.69. The van der Waals surface area contributed by atoms with Crippen molar-refractivity contribution in [2.45, 2.75) is 6.18 Å². The first-order chi connectivity index (χ1) is 14.5. The highest BCUT2D eigenvalue weighted by Crippen LogP contribution is 2.38. The first-order valence-corrected chi connectivity index (χ1v) is 9.69. The second-order valence-corrected chi connectivity index (χ2v) is 7.35. The van der Waals surface area contributed by atoms with Crippen LogP contribution in [0.15, 0.2) is 103 Å². The number of hydrogen-bond acceptors (Lipinski definition) is 0. The third kappa shape index (κ3) is 3.22. The van der Waals surface area contributed by atoms with Crippen molar-refractivity contribution in [2.24, 2.45) is 0 Å². The smallest absolute Gasteiger partial charge is 0.166 e. The highest BCUT2D eigenvalue weighted by atomic mass is 19.4. The van der Waals surface area contributed by atoms with Crippen LogP contribution in [-0.4, -0.2) is 0 Å². The molecular weight excluding hydrogens is 381 g/mol. The fourth-order valence-electron chi connectivity index (χ4n) is 4.01. The lowest BCUT2D eigenvalue weighted by Crippen LogP contribution is -2.03. The zero-order valence-corrected chi connectivity index (χ0v) is 15.9. The summed E-state index contributed by atoms with van der Waals surface area (Å²) in [6.45, 7) is 0. The van der Waals surface area contributed by atoms with Gasteiger partial charge in [-0.05, 0) is 68.1 Å². The highest BCUT2D eigenvalue weighted by Gasteiger charge is 2.30. The molecule has 146 valence electrons. The third-order valence-electron chi connectivity index (χ3n) is 5.49. The number of alkyl halides is 3. The van der Waals surface area contributed by atoms with Gasteiger partial charge in [-0.2, -0.15) is 13.2 Å². The minimum atomic E-state index is -4.34. The van der Waals surface area contributed by atoms with Crippen LogP contribution in [0.3, 0.4) is 0 Å². The van der Waals surface area contributed by atoms with Crippen LogP contribution >= 0.6 is 0 Å². The van der Waals surface area contributed by atoms with E-state index >= 15 is 0 Å². The summed E-state index contributed by atoms with van der Waals surface area (Å²) >= 11 is 0. The molecule has 30 heavy (non-hydrogen) atoms. The summed E-state index contributed by atoms with van der Waals surface area (Å²) in [5.41, 5.74) is 3.19. The number of fused-ring (bicyclic) bond motifs is 2. The minimum Gasteiger partial charge on any atom is -0.166 e. The number of hydrogen-bond donors (Lipinski definition) is 0. The van der Waals surface area contributed by atoms with Gasteiger partial charge in [-0.25, -0.2) is 0 Å². The van der Waals surface area contributed by atoms with Gasteiger partial charge in [-0.15, -0.1) is 0 Å². The molecule has 0 heterocycles. The lowest BCUT2D eigenvalue weighted by molar-refractivity contribution is -0.137. The Morgan fingerprint density at radius 1 is 0.467 bits per heavy atom. The molecule has 0 aromatic heterocycles. The Bertz CT molecular complexity index is 1360. The Balaban J connectivity index is 1.75. The lowest BCUT2D eigenvalue weighted by Gasteiger charge is -2.14. The highest BCUT2D eigenvalue weighted by molar-refractivity contribution is 6.07. The van der Waals surface area contributed by atoms with Gasteiger partial charge in [-0.1, -0.05) is 78.9 Å². The molecule has 5 aromatic rings. The van der Waals surface area contributed by atoms with Gasteiger partial charge in [0.2, 0.25) is 0 Å². The van der Waals surface area contributed by atoms with E-state index in [-0.39, 0.29) is 0 Å². The maximum Gasteiger partial charge on any atom is 0.416 e. The topological polar surface area (TPSA) is 0 Å². The number of benzene rings is 5. The van der Waals surface area contributed by atoms with Gasteiger partial charge in [0.05, 0.1) is 5.56 Å². The van der Waals surface area contributed by atoms with Gasteiger partial charge in [0, 0.05) is 0 Å². The molecule has 0 saturated carbocycles. The van der Waals surface area contributed by atoms with E-state index in [9.17, 15) is 13.2 Å². The summed E-state index contributed by atoms with van der Waals surface area (Å²) in [4.78, 5) is 0. The summed E-state index contributed by atoms with van der Waals surface area (Å²) in [6.07, 6.45) is -4.34. The average molecular weight is 398 g/mol. The van der Waals surface area contributed by atoms with Gasteiger partial charge < -0.3 is 0 Å². The zero-order chi connectivity index (χ0) is 20.7. The molecule has 0 unspecified atom stereocenters. The molecule has 0 atom stereocenters. The minimum absolute atomic E-state index is 0.638. The van der Waals surface area contributed by atoms with E-state index in [0.29, 0.717) is 0 Å². The number of rotatable bonds is 2. The standard InChI is InChI=1S/C27H17F3/c28-27(29,30)22-14-12-18(13-15-22)21-16-20-7-2-4-10-24(20)26(17-21)25-11-5-8-19-6-1-3-9-23(19)25/h1-17H. The normalized spacial score (nSPS) is 11.8. The SMILES string of the molecule is FC(F)(F)c1ccc(-c2cc(-c3cccc4ccccc34)c3ccccc3c2)cc1. The van der Waals surface area contributed by atoms with Gasteiger partial charge >= 0.3 is 6.18 Å². The van der Waals surface area contributed by atoms with E-state index in [1.54, 1.807) is 12.1 Å². The summed E-state index contributed by atoms with van der Waals surface area (Å²) in [5, 5.41) is 4.47. The van der Waals surface area contributed by atoms with Gasteiger partial charge in [0.15, 0.2) is 0 Å². The van der Waals surface area contributed by atoms with Crippen LogP contribution in [0.2, 0.25) is 0 Å². The summed E-state index contributed by atoms with van der Waals surface area (Å²) < 4.78 is 38.9. The Morgan fingerprint density at radius 2 is 1.07 bits per heavy atom. The van der Waals surface area contributed by atoms with Crippen LogP contribution in [0.1, 0.15) is 5.56 Å². The van der Waals surface area contributed by atoms with Gasteiger partial charge in [-0.3, -0.25) is 0 Å². The second kappa shape index (κ2) is 7.03. The first kappa shape index (κ1) is 18.4. The predicted molar refractivity (Wildman–Crippen MR) is 117 cm³/mol. The van der Waals surface area contributed by atoms with E-state index in [0.717, 1.165) is 55.9 Å². The van der Waals surface area contributed by atoms with Crippen LogP contribution in [0.4, 0.5) is 13.2 Å².